The van der Waals surface area contributed by atoms with Gasteiger partial charge >= 0.3 is 5.97 Å². The smallest absolute Gasteiger partial charge is 0.339 e. The number of aromatic nitrogens is 1. The Morgan fingerprint density at radius 2 is 2.00 bits per heavy atom. The third kappa shape index (κ3) is 3.55. The summed E-state index contributed by atoms with van der Waals surface area (Å²) in [6.07, 6.45) is 0. The van der Waals surface area contributed by atoms with Crippen LogP contribution >= 0.6 is 0 Å². The van der Waals surface area contributed by atoms with E-state index >= 15 is 0 Å². The number of carbonyl (C=O) groups is 1. The third-order valence-electron chi connectivity index (χ3n) is 4.08. The van der Waals surface area contributed by atoms with Crippen molar-refractivity contribution >= 4 is 16.9 Å². The lowest BCUT2D eigenvalue weighted by Gasteiger charge is -2.12. The molecule has 1 heterocycles. The molecular formula is C21H17FN2O2. The zero-order valence-electron chi connectivity index (χ0n) is 14.5. The molecule has 3 aromatic rings. The van der Waals surface area contributed by atoms with Crippen molar-refractivity contribution < 1.29 is 13.9 Å². The first kappa shape index (κ1) is 17.6. The number of rotatable bonds is 4. The molecular weight excluding hydrogens is 331 g/mol. The normalized spacial score (nSPS) is 10.7. The van der Waals surface area contributed by atoms with Gasteiger partial charge in [-0.05, 0) is 36.2 Å². The second kappa shape index (κ2) is 7.32. The second-order valence-electron chi connectivity index (χ2n) is 6.26. The number of benzene rings is 2. The van der Waals surface area contributed by atoms with E-state index in [4.69, 9.17) is 10.00 Å². The highest BCUT2D eigenvalue weighted by Crippen LogP contribution is 2.23. The summed E-state index contributed by atoms with van der Waals surface area (Å²) < 4.78 is 19.2. The molecule has 26 heavy (non-hydrogen) atoms. The Morgan fingerprint density at radius 1 is 1.23 bits per heavy atom. The predicted octanol–water partition coefficient (Wildman–Crippen LogP) is 4.73. The molecule has 0 aliphatic rings. The lowest BCUT2D eigenvalue weighted by atomic mass is 10.0. The van der Waals surface area contributed by atoms with E-state index in [1.165, 1.54) is 18.2 Å². The maximum Gasteiger partial charge on any atom is 0.339 e. The SMILES string of the molecule is CC(C)c1cc(C(=O)OCc2cc(C#N)ccc2F)c2ccccc2n1. The fourth-order valence-electron chi connectivity index (χ4n) is 2.64. The van der Waals surface area contributed by atoms with Crippen LogP contribution in [0.25, 0.3) is 10.9 Å². The van der Waals surface area contributed by atoms with Crippen molar-refractivity contribution in [3.8, 4) is 6.07 Å². The predicted molar refractivity (Wildman–Crippen MR) is 96.1 cm³/mol. The number of fused-ring (bicyclic) bond motifs is 1. The van der Waals surface area contributed by atoms with Crippen molar-refractivity contribution in [1.82, 2.24) is 4.98 Å². The molecule has 0 aliphatic carbocycles. The van der Waals surface area contributed by atoms with Crippen LogP contribution in [0.4, 0.5) is 4.39 Å². The van der Waals surface area contributed by atoms with E-state index in [-0.39, 0.29) is 18.1 Å². The van der Waals surface area contributed by atoms with E-state index in [2.05, 4.69) is 4.98 Å². The summed E-state index contributed by atoms with van der Waals surface area (Å²) in [4.78, 5) is 17.2. The van der Waals surface area contributed by atoms with E-state index in [1.807, 2.05) is 38.1 Å². The zero-order chi connectivity index (χ0) is 18.7. The fraction of sp³-hybridized carbons (Fsp3) is 0.190. The first-order valence-electron chi connectivity index (χ1n) is 8.25. The Bertz CT molecular complexity index is 1020. The molecule has 0 aliphatic heterocycles. The molecule has 1 aromatic heterocycles. The number of esters is 1. The van der Waals surface area contributed by atoms with Gasteiger partial charge in [-0.15, -0.1) is 0 Å². The molecule has 0 spiro atoms. The Kier molecular flexibility index (Phi) is 4.94. The van der Waals surface area contributed by atoms with Crippen molar-refractivity contribution in [1.29, 1.82) is 5.26 Å². The number of hydrogen-bond acceptors (Lipinski definition) is 4. The molecule has 0 fully saturated rings. The van der Waals surface area contributed by atoms with Gasteiger partial charge in [0.25, 0.3) is 0 Å². The molecule has 0 bridgehead atoms. The van der Waals surface area contributed by atoms with Crippen molar-refractivity contribution in [2.45, 2.75) is 26.4 Å². The number of halogens is 1. The van der Waals surface area contributed by atoms with E-state index in [0.29, 0.717) is 22.0 Å². The van der Waals surface area contributed by atoms with Gasteiger partial charge in [0.05, 0.1) is 22.7 Å². The fourth-order valence-corrected chi connectivity index (χ4v) is 2.64. The maximum atomic E-state index is 13.9. The Hall–Kier alpha value is -3.26. The minimum Gasteiger partial charge on any atom is -0.457 e. The van der Waals surface area contributed by atoms with E-state index in [9.17, 15) is 9.18 Å². The number of nitriles is 1. The lowest BCUT2D eigenvalue weighted by molar-refractivity contribution is 0.0471. The van der Waals surface area contributed by atoms with Gasteiger partial charge in [0.15, 0.2) is 0 Å². The average molecular weight is 348 g/mol. The highest BCUT2D eigenvalue weighted by molar-refractivity contribution is 6.03. The number of para-hydroxylation sites is 1. The van der Waals surface area contributed by atoms with Crippen molar-refractivity contribution in [3.63, 3.8) is 0 Å². The third-order valence-corrected chi connectivity index (χ3v) is 4.08. The first-order chi connectivity index (χ1) is 12.5. The number of hydrogen-bond donors (Lipinski definition) is 0. The van der Waals surface area contributed by atoms with Gasteiger partial charge in [-0.25, -0.2) is 9.18 Å². The van der Waals surface area contributed by atoms with E-state index < -0.39 is 11.8 Å². The summed E-state index contributed by atoms with van der Waals surface area (Å²) in [5.74, 6) is -0.914. The molecule has 0 N–H and O–H groups in total. The monoisotopic (exact) mass is 348 g/mol. The Morgan fingerprint density at radius 3 is 2.73 bits per heavy atom. The van der Waals surface area contributed by atoms with E-state index in [0.717, 1.165) is 5.69 Å². The first-order valence-corrected chi connectivity index (χ1v) is 8.25. The van der Waals surface area contributed by atoms with Gasteiger partial charge in [-0.2, -0.15) is 5.26 Å². The minimum absolute atomic E-state index is 0.149. The van der Waals surface area contributed by atoms with Gasteiger partial charge in [-0.1, -0.05) is 32.0 Å². The van der Waals surface area contributed by atoms with Crippen molar-refractivity contribution in [3.05, 3.63) is 76.7 Å². The summed E-state index contributed by atoms with van der Waals surface area (Å²) in [5, 5.41) is 9.61. The van der Waals surface area contributed by atoms with Crippen LogP contribution in [0.3, 0.4) is 0 Å². The maximum absolute atomic E-state index is 13.9. The summed E-state index contributed by atoms with van der Waals surface area (Å²) in [5.41, 5.74) is 2.38. The summed E-state index contributed by atoms with van der Waals surface area (Å²) in [6, 6.07) is 15.0. The van der Waals surface area contributed by atoms with Crippen LogP contribution in [0, 0.1) is 17.1 Å². The van der Waals surface area contributed by atoms with Gasteiger partial charge in [0, 0.05) is 16.6 Å². The molecule has 0 saturated carbocycles. The Balaban J connectivity index is 1.92. The van der Waals surface area contributed by atoms with Crippen LogP contribution in [0.1, 0.15) is 46.9 Å². The Labute approximate surface area is 150 Å². The number of pyridine rings is 1. The number of ether oxygens (including phenoxy) is 1. The van der Waals surface area contributed by atoms with Crippen LogP contribution < -0.4 is 0 Å². The molecule has 4 nitrogen and oxygen atoms in total. The standard InChI is InChI=1S/C21H17FN2O2/c1-13(2)20-10-17(16-5-3-4-6-19(16)24-20)21(25)26-12-15-9-14(11-23)7-8-18(15)22/h3-10,13H,12H2,1-2H3. The molecule has 0 saturated heterocycles. The summed E-state index contributed by atoms with van der Waals surface area (Å²) in [7, 11) is 0. The van der Waals surface area contributed by atoms with Crippen LogP contribution in [-0.4, -0.2) is 11.0 Å². The molecule has 0 unspecified atom stereocenters. The highest BCUT2D eigenvalue weighted by atomic mass is 19.1. The number of nitrogens with zero attached hydrogens (tertiary/aromatic N) is 2. The largest absolute Gasteiger partial charge is 0.457 e. The molecule has 130 valence electrons. The summed E-state index contributed by atoms with van der Waals surface area (Å²) in [6.45, 7) is 3.75. The van der Waals surface area contributed by atoms with Gasteiger partial charge in [0.2, 0.25) is 0 Å². The second-order valence-corrected chi connectivity index (χ2v) is 6.26. The molecule has 0 amide bonds. The highest BCUT2D eigenvalue weighted by Gasteiger charge is 2.16. The molecule has 3 rings (SSSR count). The van der Waals surface area contributed by atoms with Gasteiger partial charge in [-0.3, -0.25) is 4.98 Å². The number of carbonyl (C=O) groups excluding carboxylic acids is 1. The molecule has 0 radical (unpaired) electrons. The zero-order valence-corrected chi connectivity index (χ0v) is 14.5. The van der Waals surface area contributed by atoms with Gasteiger partial charge < -0.3 is 4.74 Å². The van der Waals surface area contributed by atoms with Crippen LogP contribution in [-0.2, 0) is 11.3 Å². The lowest BCUT2D eigenvalue weighted by Crippen LogP contribution is -2.09. The molecule has 0 atom stereocenters. The summed E-state index contributed by atoms with van der Waals surface area (Å²) >= 11 is 0. The topological polar surface area (TPSA) is 63.0 Å². The molecule has 2 aromatic carbocycles. The van der Waals surface area contributed by atoms with E-state index in [1.54, 1.807) is 12.1 Å². The van der Waals surface area contributed by atoms with Crippen molar-refractivity contribution in [2.24, 2.45) is 0 Å². The average Bonchev–Trinajstić information content (AvgIpc) is 2.66. The van der Waals surface area contributed by atoms with Crippen LogP contribution in [0.15, 0.2) is 48.5 Å². The molecule has 5 heteroatoms. The quantitative estimate of drug-likeness (QED) is 0.640. The van der Waals surface area contributed by atoms with Crippen LogP contribution in [0.5, 0.6) is 0 Å². The van der Waals surface area contributed by atoms with Gasteiger partial charge in [0.1, 0.15) is 12.4 Å². The van der Waals surface area contributed by atoms with Crippen molar-refractivity contribution in [2.75, 3.05) is 0 Å². The minimum atomic E-state index is -0.549. The van der Waals surface area contributed by atoms with Crippen LogP contribution in [0.2, 0.25) is 0 Å².